The van der Waals surface area contributed by atoms with Crippen LogP contribution in [0.25, 0.3) is 0 Å². The maximum absolute atomic E-state index is 3.45. The molecule has 1 nitrogen and oxygen atoms in total. The lowest BCUT2D eigenvalue weighted by Crippen LogP contribution is -2.34. The Morgan fingerprint density at radius 3 is 2.05 bits per heavy atom. The van der Waals surface area contributed by atoms with Crippen molar-refractivity contribution in [3.8, 4) is 0 Å². The van der Waals surface area contributed by atoms with E-state index in [0.717, 1.165) is 29.1 Å². The van der Waals surface area contributed by atoms with Crippen molar-refractivity contribution in [1.82, 2.24) is 5.32 Å². The standard InChI is InChI=1S/C21H39N/c1-16(17(2)22-3)13-18-9-11-21(12-10-18)14-19-5-4-6-20(15-21)8-7-19/h16-20,22H,4-15H2,1-3H3. The van der Waals surface area contributed by atoms with E-state index >= 15 is 0 Å². The minimum absolute atomic E-state index is 0.674. The van der Waals surface area contributed by atoms with Crippen LogP contribution in [0.15, 0.2) is 0 Å². The third-order valence-corrected chi connectivity index (χ3v) is 7.83. The van der Waals surface area contributed by atoms with Crippen LogP contribution >= 0.6 is 0 Å². The van der Waals surface area contributed by atoms with Gasteiger partial charge in [-0.15, -0.1) is 0 Å². The van der Waals surface area contributed by atoms with Crippen LogP contribution in [-0.2, 0) is 0 Å². The Labute approximate surface area is 139 Å². The molecule has 0 amide bonds. The Morgan fingerprint density at radius 1 is 0.909 bits per heavy atom. The van der Waals surface area contributed by atoms with Gasteiger partial charge >= 0.3 is 0 Å². The van der Waals surface area contributed by atoms with Gasteiger partial charge in [0.1, 0.15) is 0 Å². The van der Waals surface area contributed by atoms with Gasteiger partial charge in [-0.3, -0.25) is 0 Å². The number of hydrogen-bond donors (Lipinski definition) is 1. The molecule has 1 N–H and O–H groups in total. The molecule has 22 heavy (non-hydrogen) atoms. The smallest absolute Gasteiger partial charge is 0.00614 e. The molecule has 1 heteroatoms. The van der Waals surface area contributed by atoms with Crippen LogP contribution in [0, 0.1) is 29.1 Å². The molecule has 2 bridgehead atoms. The molecular weight excluding hydrogens is 266 g/mol. The fourth-order valence-corrected chi connectivity index (χ4v) is 6.12. The predicted octanol–water partition coefficient (Wildman–Crippen LogP) is 5.79. The van der Waals surface area contributed by atoms with Crippen LogP contribution in [0.3, 0.4) is 0 Å². The molecular formula is C21H39N. The van der Waals surface area contributed by atoms with Crippen molar-refractivity contribution in [1.29, 1.82) is 0 Å². The number of nitrogens with one attached hydrogen (secondary N) is 1. The van der Waals surface area contributed by atoms with Crippen molar-refractivity contribution in [2.45, 2.75) is 96.9 Å². The van der Waals surface area contributed by atoms with Gasteiger partial charge in [0.2, 0.25) is 0 Å². The molecule has 128 valence electrons. The van der Waals surface area contributed by atoms with Crippen molar-refractivity contribution in [3.05, 3.63) is 0 Å². The van der Waals surface area contributed by atoms with Gasteiger partial charge in [-0.05, 0) is 88.0 Å². The maximum Gasteiger partial charge on any atom is 0.00614 e. The second-order valence-electron chi connectivity index (χ2n) is 9.38. The van der Waals surface area contributed by atoms with E-state index in [1.165, 1.54) is 25.7 Å². The highest BCUT2D eigenvalue weighted by molar-refractivity contribution is 4.93. The summed E-state index contributed by atoms with van der Waals surface area (Å²) < 4.78 is 0. The van der Waals surface area contributed by atoms with Crippen molar-refractivity contribution in [3.63, 3.8) is 0 Å². The van der Waals surface area contributed by atoms with E-state index < -0.39 is 0 Å². The maximum atomic E-state index is 3.45. The molecule has 4 unspecified atom stereocenters. The van der Waals surface area contributed by atoms with E-state index in [9.17, 15) is 0 Å². The van der Waals surface area contributed by atoms with Crippen LogP contribution in [0.1, 0.15) is 90.9 Å². The summed E-state index contributed by atoms with van der Waals surface area (Å²) in [6.45, 7) is 4.79. The minimum atomic E-state index is 0.674. The normalized spacial score (nSPS) is 41.9. The summed E-state index contributed by atoms with van der Waals surface area (Å²) in [6, 6.07) is 0.674. The van der Waals surface area contributed by atoms with Crippen molar-refractivity contribution < 1.29 is 0 Å². The fourth-order valence-electron chi connectivity index (χ4n) is 6.12. The van der Waals surface area contributed by atoms with Gasteiger partial charge in [0.05, 0.1) is 0 Å². The van der Waals surface area contributed by atoms with Gasteiger partial charge in [-0.1, -0.05) is 39.0 Å². The van der Waals surface area contributed by atoms with Crippen LogP contribution in [0.2, 0.25) is 0 Å². The second-order valence-corrected chi connectivity index (χ2v) is 9.38. The van der Waals surface area contributed by atoms with E-state index in [1.54, 1.807) is 51.4 Å². The van der Waals surface area contributed by atoms with Crippen LogP contribution in [-0.4, -0.2) is 13.1 Å². The second kappa shape index (κ2) is 7.24. The van der Waals surface area contributed by atoms with E-state index in [4.69, 9.17) is 0 Å². The van der Waals surface area contributed by atoms with E-state index in [1.807, 2.05) is 0 Å². The van der Waals surface area contributed by atoms with Gasteiger partial charge in [0, 0.05) is 6.04 Å². The monoisotopic (exact) mass is 305 g/mol. The van der Waals surface area contributed by atoms with E-state index in [0.29, 0.717) is 6.04 Å². The molecule has 3 saturated carbocycles. The lowest BCUT2D eigenvalue weighted by atomic mass is 9.61. The Hall–Kier alpha value is -0.0400. The molecule has 0 aromatic carbocycles. The minimum Gasteiger partial charge on any atom is -0.317 e. The lowest BCUT2D eigenvalue weighted by Gasteiger charge is -2.44. The van der Waals surface area contributed by atoms with Crippen LogP contribution in [0.4, 0.5) is 0 Å². The Morgan fingerprint density at radius 2 is 1.50 bits per heavy atom. The third-order valence-electron chi connectivity index (χ3n) is 7.83. The van der Waals surface area contributed by atoms with Crippen molar-refractivity contribution >= 4 is 0 Å². The predicted molar refractivity (Wildman–Crippen MR) is 96.0 cm³/mol. The molecule has 3 fully saturated rings. The molecule has 0 aromatic heterocycles. The number of hydrogen-bond acceptors (Lipinski definition) is 1. The van der Waals surface area contributed by atoms with Gasteiger partial charge in [0.15, 0.2) is 0 Å². The van der Waals surface area contributed by atoms with Gasteiger partial charge < -0.3 is 5.32 Å². The molecule has 3 rings (SSSR count). The first-order valence-electron chi connectivity index (χ1n) is 10.3. The van der Waals surface area contributed by atoms with Gasteiger partial charge in [0.25, 0.3) is 0 Å². The summed E-state index contributed by atoms with van der Waals surface area (Å²) in [4.78, 5) is 0. The largest absolute Gasteiger partial charge is 0.317 e. The summed E-state index contributed by atoms with van der Waals surface area (Å²) >= 11 is 0. The fraction of sp³-hybridized carbons (Fsp3) is 1.00. The number of rotatable bonds is 4. The SMILES string of the molecule is CNC(C)C(C)CC1CCC2(CC1)CC1CCCC(CC1)C2. The average molecular weight is 306 g/mol. The quantitative estimate of drug-likeness (QED) is 0.693. The first-order valence-corrected chi connectivity index (χ1v) is 10.3. The van der Waals surface area contributed by atoms with E-state index in [-0.39, 0.29) is 0 Å². The topological polar surface area (TPSA) is 12.0 Å². The highest BCUT2D eigenvalue weighted by Gasteiger charge is 2.41. The van der Waals surface area contributed by atoms with Gasteiger partial charge in [-0.25, -0.2) is 0 Å². The zero-order valence-electron chi connectivity index (χ0n) is 15.4. The van der Waals surface area contributed by atoms with Crippen molar-refractivity contribution in [2.24, 2.45) is 29.1 Å². The molecule has 1 spiro atoms. The summed E-state index contributed by atoms with van der Waals surface area (Å²) in [5, 5.41) is 3.45. The van der Waals surface area contributed by atoms with Crippen LogP contribution in [0.5, 0.6) is 0 Å². The molecule has 3 aliphatic rings. The zero-order valence-corrected chi connectivity index (χ0v) is 15.4. The summed E-state index contributed by atoms with van der Waals surface area (Å²) in [6.07, 6.45) is 18.6. The highest BCUT2D eigenvalue weighted by Crippen LogP contribution is 2.54. The van der Waals surface area contributed by atoms with E-state index in [2.05, 4.69) is 26.2 Å². The van der Waals surface area contributed by atoms with Crippen LogP contribution < -0.4 is 5.32 Å². The molecule has 0 radical (unpaired) electrons. The Bertz CT molecular complexity index is 326. The lowest BCUT2D eigenvalue weighted by molar-refractivity contribution is 0.0757. The molecule has 0 aliphatic heterocycles. The Kier molecular flexibility index (Phi) is 5.53. The highest BCUT2D eigenvalue weighted by atomic mass is 14.9. The molecule has 4 atom stereocenters. The summed E-state index contributed by atoms with van der Waals surface area (Å²) in [5.74, 6) is 4.02. The Balaban J connectivity index is 1.54. The van der Waals surface area contributed by atoms with Crippen molar-refractivity contribution in [2.75, 3.05) is 7.05 Å². The molecule has 0 heterocycles. The summed E-state index contributed by atoms with van der Waals surface area (Å²) in [5.41, 5.74) is 0.778. The third kappa shape index (κ3) is 3.89. The molecule has 0 saturated heterocycles. The van der Waals surface area contributed by atoms with Gasteiger partial charge in [-0.2, -0.15) is 0 Å². The molecule has 3 aliphatic carbocycles. The first kappa shape index (κ1) is 16.8. The average Bonchev–Trinajstić information content (AvgIpc) is 2.82. The number of fused-ring (bicyclic) bond motifs is 3. The zero-order chi connectivity index (χ0) is 15.6. The summed E-state index contributed by atoms with van der Waals surface area (Å²) in [7, 11) is 2.11. The first-order chi connectivity index (χ1) is 10.6. The molecule has 0 aromatic rings.